The van der Waals surface area contributed by atoms with Gasteiger partial charge in [0.25, 0.3) is 0 Å². The number of benzene rings is 1. The lowest BCUT2D eigenvalue weighted by Crippen LogP contribution is -2.37. The molecule has 1 atom stereocenters. The molecule has 0 spiro atoms. The van der Waals surface area contributed by atoms with E-state index in [4.69, 9.17) is 4.74 Å². The minimum atomic E-state index is 0.229. The number of nitrogens with one attached hydrogen (secondary N) is 1. The highest BCUT2D eigenvalue weighted by atomic mass is 16.5. The van der Waals surface area contributed by atoms with Crippen LogP contribution in [0.15, 0.2) is 24.3 Å². The molecule has 4 nitrogen and oxygen atoms in total. The van der Waals surface area contributed by atoms with Crippen LogP contribution in [-0.2, 0) is 4.79 Å². The van der Waals surface area contributed by atoms with Crippen LogP contribution >= 0.6 is 0 Å². The van der Waals surface area contributed by atoms with Gasteiger partial charge in [-0.3, -0.25) is 9.69 Å². The molecule has 0 aromatic heterocycles. The molecule has 1 aliphatic carbocycles. The smallest absolute Gasteiger partial charge is 0.223 e. The molecule has 4 heteroatoms. The average Bonchev–Trinajstić information content (AvgIpc) is 3.24. The molecule has 114 valence electrons. The van der Waals surface area contributed by atoms with Gasteiger partial charge in [-0.1, -0.05) is 12.1 Å². The van der Waals surface area contributed by atoms with Crippen molar-refractivity contribution in [2.75, 3.05) is 26.7 Å². The molecule has 1 saturated carbocycles. The lowest BCUT2D eigenvalue weighted by molar-refractivity contribution is -0.122. The molecular weight excluding hydrogens is 264 g/mol. The lowest BCUT2D eigenvalue weighted by atomic mass is 10.1. The Bertz CT molecular complexity index is 476. The van der Waals surface area contributed by atoms with Crippen molar-refractivity contribution in [3.63, 3.8) is 0 Å². The first-order valence-electron chi connectivity index (χ1n) is 7.93. The van der Waals surface area contributed by atoms with E-state index >= 15 is 0 Å². The lowest BCUT2D eigenvalue weighted by Gasteiger charge is -2.28. The Kier molecular flexibility index (Phi) is 4.44. The van der Waals surface area contributed by atoms with Gasteiger partial charge in [0.1, 0.15) is 5.75 Å². The summed E-state index contributed by atoms with van der Waals surface area (Å²) in [7, 11) is 1.68. The Morgan fingerprint density at radius 1 is 1.29 bits per heavy atom. The van der Waals surface area contributed by atoms with Crippen molar-refractivity contribution < 1.29 is 9.53 Å². The van der Waals surface area contributed by atoms with Gasteiger partial charge in [-0.2, -0.15) is 0 Å². The summed E-state index contributed by atoms with van der Waals surface area (Å²) in [4.78, 5) is 14.4. The maximum absolute atomic E-state index is 11.9. The Morgan fingerprint density at radius 3 is 2.52 bits per heavy atom. The highest BCUT2D eigenvalue weighted by molar-refractivity contribution is 5.80. The molecule has 1 unspecified atom stereocenters. The Hall–Kier alpha value is -1.55. The Morgan fingerprint density at radius 2 is 1.95 bits per heavy atom. The molecule has 2 fully saturated rings. The van der Waals surface area contributed by atoms with Crippen LogP contribution in [0.1, 0.15) is 37.3 Å². The number of amides is 1. The zero-order chi connectivity index (χ0) is 14.7. The van der Waals surface area contributed by atoms with Crippen molar-refractivity contribution in [3.05, 3.63) is 29.8 Å². The van der Waals surface area contributed by atoms with Crippen LogP contribution in [0, 0.1) is 5.92 Å². The van der Waals surface area contributed by atoms with Gasteiger partial charge >= 0.3 is 0 Å². The van der Waals surface area contributed by atoms with Gasteiger partial charge in [-0.15, -0.1) is 0 Å². The summed E-state index contributed by atoms with van der Waals surface area (Å²) in [5, 5.41) is 3.14. The number of nitrogens with zero attached hydrogens (tertiary/aromatic N) is 1. The van der Waals surface area contributed by atoms with E-state index in [-0.39, 0.29) is 17.9 Å². The topological polar surface area (TPSA) is 41.6 Å². The number of rotatable bonds is 6. The van der Waals surface area contributed by atoms with Crippen molar-refractivity contribution in [2.45, 2.75) is 31.7 Å². The maximum Gasteiger partial charge on any atom is 0.223 e. The number of hydrogen-bond donors (Lipinski definition) is 1. The summed E-state index contributed by atoms with van der Waals surface area (Å²) in [5.41, 5.74) is 1.26. The molecule has 2 aliphatic rings. The summed E-state index contributed by atoms with van der Waals surface area (Å²) >= 11 is 0. The van der Waals surface area contributed by atoms with Gasteiger partial charge in [0.15, 0.2) is 0 Å². The number of carbonyl (C=O) groups is 1. The molecule has 1 aromatic carbocycles. The van der Waals surface area contributed by atoms with Crippen molar-refractivity contribution in [2.24, 2.45) is 5.92 Å². The number of methoxy groups -OCH3 is 1. The number of carbonyl (C=O) groups excluding carboxylic acids is 1. The Balaban J connectivity index is 1.68. The maximum atomic E-state index is 11.9. The highest BCUT2D eigenvalue weighted by Crippen LogP contribution is 2.30. The second kappa shape index (κ2) is 6.48. The van der Waals surface area contributed by atoms with Crippen LogP contribution in [0.2, 0.25) is 0 Å². The first-order chi connectivity index (χ1) is 10.3. The summed E-state index contributed by atoms with van der Waals surface area (Å²) in [6.07, 6.45) is 4.62. The third-order valence-corrected chi connectivity index (χ3v) is 4.50. The molecule has 0 radical (unpaired) electrons. The van der Waals surface area contributed by atoms with Crippen molar-refractivity contribution in [1.29, 1.82) is 0 Å². The second-order valence-corrected chi connectivity index (χ2v) is 6.05. The molecule has 1 N–H and O–H groups in total. The predicted molar refractivity (Wildman–Crippen MR) is 82.3 cm³/mol. The fourth-order valence-corrected chi connectivity index (χ4v) is 3.02. The zero-order valence-electron chi connectivity index (χ0n) is 12.7. The molecule has 1 heterocycles. The SMILES string of the molecule is COc1ccc(C(CNC(=O)C2CC2)N2CCCC2)cc1. The van der Waals surface area contributed by atoms with Gasteiger partial charge in [0.05, 0.1) is 13.2 Å². The first-order valence-corrected chi connectivity index (χ1v) is 7.93. The normalized spacial score (nSPS) is 20.2. The van der Waals surface area contributed by atoms with Crippen LogP contribution in [-0.4, -0.2) is 37.6 Å². The van der Waals surface area contributed by atoms with Gasteiger partial charge in [-0.05, 0) is 56.5 Å². The first kappa shape index (κ1) is 14.4. The van der Waals surface area contributed by atoms with E-state index in [0.29, 0.717) is 6.54 Å². The van der Waals surface area contributed by atoms with E-state index in [1.54, 1.807) is 7.11 Å². The molecule has 1 aliphatic heterocycles. The molecule has 1 saturated heterocycles. The zero-order valence-corrected chi connectivity index (χ0v) is 12.7. The number of likely N-dealkylation sites (tertiary alicyclic amines) is 1. The summed E-state index contributed by atoms with van der Waals surface area (Å²) in [6, 6.07) is 8.51. The van der Waals surface area contributed by atoms with Gasteiger partial charge in [0, 0.05) is 12.5 Å². The molecule has 1 amide bonds. The molecular formula is C17H24N2O2. The number of ether oxygens (including phenoxy) is 1. The highest BCUT2D eigenvalue weighted by Gasteiger charge is 2.31. The van der Waals surface area contributed by atoms with E-state index in [0.717, 1.165) is 31.7 Å². The third kappa shape index (κ3) is 3.56. The minimum absolute atomic E-state index is 0.229. The minimum Gasteiger partial charge on any atom is -0.497 e. The summed E-state index contributed by atoms with van der Waals surface area (Å²) in [6.45, 7) is 2.95. The summed E-state index contributed by atoms with van der Waals surface area (Å²) < 4.78 is 5.23. The fraction of sp³-hybridized carbons (Fsp3) is 0.588. The molecule has 0 bridgehead atoms. The van der Waals surface area contributed by atoms with Crippen LogP contribution in [0.25, 0.3) is 0 Å². The van der Waals surface area contributed by atoms with Crippen LogP contribution in [0.5, 0.6) is 5.75 Å². The predicted octanol–water partition coefficient (Wildman–Crippen LogP) is 2.36. The monoisotopic (exact) mass is 288 g/mol. The van der Waals surface area contributed by atoms with Gasteiger partial charge in [0.2, 0.25) is 5.91 Å². The van der Waals surface area contributed by atoms with E-state index in [2.05, 4.69) is 22.3 Å². The number of hydrogen-bond acceptors (Lipinski definition) is 3. The van der Waals surface area contributed by atoms with Gasteiger partial charge in [-0.25, -0.2) is 0 Å². The van der Waals surface area contributed by atoms with E-state index in [1.165, 1.54) is 18.4 Å². The second-order valence-electron chi connectivity index (χ2n) is 6.05. The van der Waals surface area contributed by atoms with E-state index in [1.807, 2.05) is 12.1 Å². The van der Waals surface area contributed by atoms with Crippen LogP contribution in [0.3, 0.4) is 0 Å². The van der Waals surface area contributed by atoms with E-state index in [9.17, 15) is 4.79 Å². The average molecular weight is 288 g/mol. The fourth-order valence-electron chi connectivity index (χ4n) is 3.02. The van der Waals surface area contributed by atoms with Crippen LogP contribution in [0.4, 0.5) is 0 Å². The van der Waals surface area contributed by atoms with E-state index < -0.39 is 0 Å². The molecule has 21 heavy (non-hydrogen) atoms. The van der Waals surface area contributed by atoms with Gasteiger partial charge < -0.3 is 10.1 Å². The van der Waals surface area contributed by atoms with Crippen LogP contribution < -0.4 is 10.1 Å². The molecule has 3 rings (SSSR count). The van der Waals surface area contributed by atoms with Crippen molar-refractivity contribution in [1.82, 2.24) is 10.2 Å². The standard InChI is InChI=1S/C17H24N2O2/c1-21-15-8-6-13(7-9-15)16(19-10-2-3-11-19)12-18-17(20)14-4-5-14/h6-9,14,16H,2-5,10-12H2,1H3,(H,18,20). The summed E-state index contributed by atoms with van der Waals surface area (Å²) in [5.74, 6) is 1.38. The largest absolute Gasteiger partial charge is 0.497 e. The molecule has 1 aromatic rings. The quantitative estimate of drug-likeness (QED) is 0.873. The Labute approximate surface area is 126 Å². The third-order valence-electron chi connectivity index (χ3n) is 4.50. The van der Waals surface area contributed by atoms with Crippen molar-refractivity contribution in [3.8, 4) is 5.75 Å². The van der Waals surface area contributed by atoms with Crippen molar-refractivity contribution >= 4 is 5.91 Å².